The topological polar surface area (TPSA) is 79.6 Å². The van der Waals surface area contributed by atoms with E-state index in [1.807, 2.05) is 6.07 Å². The first-order valence-electron chi connectivity index (χ1n) is 7.90. The third kappa shape index (κ3) is 3.52. The Morgan fingerprint density at radius 1 is 1.33 bits per heavy atom. The Bertz CT molecular complexity index is 828. The van der Waals surface area contributed by atoms with Crippen LogP contribution >= 0.6 is 0 Å². The molecule has 0 unspecified atom stereocenters. The molecule has 1 aromatic heterocycles. The second kappa shape index (κ2) is 6.78. The first-order chi connectivity index (χ1) is 11.5. The first-order valence-corrected chi connectivity index (χ1v) is 9.39. The van der Waals surface area contributed by atoms with Crippen LogP contribution in [0.5, 0.6) is 0 Å². The quantitative estimate of drug-likeness (QED) is 0.897. The van der Waals surface area contributed by atoms with Crippen LogP contribution < -0.4 is 9.62 Å². The first kappa shape index (κ1) is 16.7. The van der Waals surface area contributed by atoms with E-state index in [4.69, 9.17) is 4.42 Å². The van der Waals surface area contributed by atoms with Crippen LogP contribution in [0.3, 0.4) is 0 Å². The number of sulfonamides is 1. The summed E-state index contributed by atoms with van der Waals surface area (Å²) in [6.45, 7) is 2.47. The second-order valence-electron chi connectivity index (χ2n) is 5.79. The van der Waals surface area contributed by atoms with Crippen molar-refractivity contribution in [3.8, 4) is 0 Å². The van der Waals surface area contributed by atoms with E-state index in [2.05, 4.69) is 4.72 Å². The molecule has 24 heavy (non-hydrogen) atoms. The zero-order valence-electron chi connectivity index (χ0n) is 13.5. The van der Waals surface area contributed by atoms with Crippen LogP contribution in [0.4, 0.5) is 5.69 Å². The van der Waals surface area contributed by atoms with Gasteiger partial charge in [-0.25, -0.2) is 13.1 Å². The number of anilines is 1. The number of fused-ring (bicyclic) bond motifs is 1. The number of carbonyl (C=O) groups is 1. The molecule has 0 spiro atoms. The third-order valence-electron chi connectivity index (χ3n) is 4.10. The minimum Gasteiger partial charge on any atom is -0.469 e. The van der Waals surface area contributed by atoms with Crippen molar-refractivity contribution in [2.75, 3.05) is 18.0 Å². The summed E-state index contributed by atoms with van der Waals surface area (Å²) in [5.74, 6) is 0.711. The van der Waals surface area contributed by atoms with E-state index in [0.717, 1.165) is 29.9 Å². The molecule has 1 aliphatic heterocycles. The van der Waals surface area contributed by atoms with Crippen LogP contribution in [0.25, 0.3) is 0 Å². The molecule has 1 aromatic carbocycles. The van der Waals surface area contributed by atoms with Crippen LogP contribution in [0, 0.1) is 0 Å². The van der Waals surface area contributed by atoms with Crippen molar-refractivity contribution in [2.45, 2.75) is 31.1 Å². The molecule has 128 valence electrons. The van der Waals surface area contributed by atoms with Crippen LogP contribution in [-0.2, 0) is 27.7 Å². The smallest absolute Gasteiger partial charge is 0.240 e. The van der Waals surface area contributed by atoms with E-state index in [9.17, 15) is 13.2 Å². The molecule has 0 fully saturated rings. The number of nitrogens with one attached hydrogen (secondary N) is 1. The molecule has 0 aliphatic carbocycles. The van der Waals surface area contributed by atoms with Gasteiger partial charge >= 0.3 is 0 Å². The van der Waals surface area contributed by atoms with Gasteiger partial charge in [0.15, 0.2) is 0 Å². The summed E-state index contributed by atoms with van der Waals surface area (Å²) in [7, 11) is -3.58. The van der Waals surface area contributed by atoms with Gasteiger partial charge in [0.1, 0.15) is 5.76 Å². The fourth-order valence-corrected chi connectivity index (χ4v) is 4.00. The lowest BCUT2D eigenvalue weighted by molar-refractivity contribution is -0.116. The van der Waals surface area contributed by atoms with Crippen LogP contribution in [0.2, 0.25) is 0 Å². The van der Waals surface area contributed by atoms with Crippen molar-refractivity contribution >= 4 is 21.6 Å². The summed E-state index contributed by atoms with van der Waals surface area (Å²) in [5.41, 5.74) is 1.70. The molecule has 0 saturated carbocycles. The fourth-order valence-electron chi connectivity index (χ4n) is 2.91. The Hall–Kier alpha value is -2.12. The van der Waals surface area contributed by atoms with Gasteiger partial charge in [-0.15, -0.1) is 0 Å². The molecule has 0 atom stereocenters. The maximum atomic E-state index is 12.4. The van der Waals surface area contributed by atoms with Crippen LogP contribution in [0.1, 0.15) is 24.7 Å². The third-order valence-corrected chi connectivity index (χ3v) is 5.56. The number of amides is 1. The van der Waals surface area contributed by atoms with E-state index in [0.29, 0.717) is 13.0 Å². The summed E-state index contributed by atoms with van der Waals surface area (Å²) in [4.78, 5) is 13.6. The number of nitrogens with zero attached hydrogens (tertiary/aromatic N) is 1. The number of hydrogen-bond acceptors (Lipinski definition) is 4. The van der Waals surface area contributed by atoms with Gasteiger partial charge in [-0.2, -0.15) is 0 Å². The van der Waals surface area contributed by atoms with Crippen molar-refractivity contribution in [3.05, 3.63) is 47.9 Å². The summed E-state index contributed by atoms with van der Waals surface area (Å²) in [6.07, 6.45) is 3.67. The Balaban J connectivity index is 1.75. The molecular weight excluding hydrogens is 328 g/mol. The highest BCUT2D eigenvalue weighted by atomic mass is 32.2. The van der Waals surface area contributed by atoms with E-state index in [-0.39, 0.29) is 17.3 Å². The SMILES string of the molecule is CC(=O)N1CCCc2cc(S(=O)(=O)NCCc3ccco3)ccc21. The lowest BCUT2D eigenvalue weighted by atomic mass is 10.0. The van der Waals surface area contributed by atoms with Crippen molar-refractivity contribution in [1.82, 2.24) is 4.72 Å². The minimum atomic E-state index is -3.58. The molecule has 2 heterocycles. The number of carbonyl (C=O) groups excluding carboxylic acids is 1. The molecule has 1 amide bonds. The van der Waals surface area contributed by atoms with E-state index >= 15 is 0 Å². The maximum absolute atomic E-state index is 12.4. The maximum Gasteiger partial charge on any atom is 0.240 e. The zero-order chi connectivity index (χ0) is 17.2. The van der Waals surface area contributed by atoms with E-state index < -0.39 is 10.0 Å². The lowest BCUT2D eigenvalue weighted by Gasteiger charge is -2.28. The molecule has 0 radical (unpaired) electrons. The number of aryl methyl sites for hydroxylation is 1. The van der Waals surface area contributed by atoms with Gasteiger partial charge in [-0.3, -0.25) is 4.79 Å². The normalized spacial score (nSPS) is 14.5. The lowest BCUT2D eigenvalue weighted by Crippen LogP contribution is -2.33. The van der Waals surface area contributed by atoms with Gasteiger partial charge in [0.05, 0.1) is 11.2 Å². The number of rotatable bonds is 5. The molecule has 1 N–H and O–H groups in total. The highest BCUT2D eigenvalue weighted by molar-refractivity contribution is 7.89. The number of hydrogen-bond donors (Lipinski definition) is 1. The second-order valence-corrected chi connectivity index (χ2v) is 7.56. The van der Waals surface area contributed by atoms with Gasteiger partial charge in [0.25, 0.3) is 0 Å². The van der Waals surface area contributed by atoms with E-state index in [1.165, 1.54) is 6.92 Å². The average molecular weight is 348 g/mol. The Morgan fingerprint density at radius 3 is 2.88 bits per heavy atom. The molecule has 1 aliphatic rings. The van der Waals surface area contributed by atoms with Crippen LogP contribution in [-0.4, -0.2) is 27.4 Å². The average Bonchev–Trinajstić information content (AvgIpc) is 3.06. The predicted molar refractivity (Wildman–Crippen MR) is 90.4 cm³/mol. The Kier molecular flexibility index (Phi) is 4.73. The summed E-state index contributed by atoms with van der Waals surface area (Å²) in [5, 5.41) is 0. The molecule has 3 rings (SSSR count). The monoisotopic (exact) mass is 348 g/mol. The largest absolute Gasteiger partial charge is 0.469 e. The van der Waals surface area contributed by atoms with Gasteiger partial charge < -0.3 is 9.32 Å². The fraction of sp³-hybridized carbons (Fsp3) is 0.353. The van der Waals surface area contributed by atoms with Crippen molar-refractivity contribution in [3.63, 3.8) is 0 Å². The Morgan fingerprint density at radius 2 is 2.17 bits per heavy atom. The minimum absolute atomic E-state index is 0.0249. The summed E-state index contributed by atoms with van der Waals surface area (Å²) in [6, 6.07) is 8.52. The molecule has 7 heteroatoms. The molecule has 2 aromatic rings. The molecule has 0 saturated heterocycles. The summed E-state index contributed by atoms with van der Waals surface area (Å²) >= 11 is 0. The molecular formula is C17H20N2O4S. The van der Waals surface area contributed by atoms with Gasteiger partial charge in [-0.05, 0) is 48.7 Å². The van der Waals surface area contributed by atoms with Gasteiger partial charge in [-0.1, -0.05) is 0 Å². The zero-order valence-corrected chi connectivity index (χ0v) is 14.3. The number of benzene rings is 1. The standard InChI is InChI=1S/C17H20N2O4S/c1-13(20)19-10-2-4-14-12-16(6-7-17(14)19)24(21,22)18-9-8-15-5-3-11-23-15/h3,5-7,11-12,18H,2,4,8-10H2,1H3. The van der Waals surface area contributed by atoms with Gasteiger partial charge in [0, 0.05) is 32.1 Å². The van der Waals surface area contributed by atoms with Gasteiger partial charge in [0.2, 0.25) is 15.9 Å². The van der Waals surface area contributed by atoms with Crippen molar-refractivity contribution < 1.29 is 17.6 Å². The van der Waals surface area contributed by atoms with E-state index in [1.54, 1.807) is 35.4 Å². The highest BCUT2D eigenvalue weighted by Gasteiger charge is 2.22. The molecule has 0 bridgehead atoms. The highest BCUT2D eigenvalue weighted by Crippen LogP contribution is 2.29. The Labute approximate surface area is 141 Å². The van der Waals surface area contributed by atoms with Crippen molar-refractivity contribution in [1.29, 1.82) is 0 Å². The van der Waals surface area contributed by atoms with Crippen molar-refractivity contribution in [2.24, 2.45) is 0 Å². The molecule has 6 nitrogen and oxygen atoms in total. The summed E-state index contributed by atoms with van der Waals surface area (Å²) < 4.78 is 32.7. The predicted octanol–water partition coefficient (Wildman–Crippen LogP) is 2.10. The number of furan rings is 1. The van der Waals surface area contributed by atoms with Crippen LogP contribution in [0.15, 0.2) is 45.9 Å².